The van der Waals surface area contributed by atoms with Crippen molar-refractivity contribution in [2.24, 2.45) is 0 Å². The second-order valence-electron chi connectivity index (χ2n) is 7.53. The molecule has 4 rings (SSSR count). The van der Waals surface area contributed by atoms with Gasteiger partial charge >= 0.3 is 0 Å². The molecule has 2 aromatic carbocycles. The molecule has 0 aromatic heterocycles. The predicted octanol–water partition coefficient (Wildman–Crippen LogP) is 2.26. The van der Waals surface area contributed by atoms with Crippen molar-refractivity contribution < 1.29 is 9.53 Å². The Hall–Kier alpha value is -2.57. The van der Waals surface area contributed by atoms with Gasteiger partial charge in [-0.25, -0.2) is 0 Å². The van der Waals surface area contributed by atoms with Crippen molar-refractivity contribution in [1.29, 1.82) is 0 Å². The normalized spacial score (nSPS) is 23.4. The number of ether oxygens (including phenoxy) is 1. The number of hydrogen-bond donors (Lipinski definition) is 2. The number of amides is 1. The van der Waals surface area contributed by atoms with Crippen molar-refractivity contribution in [3.63, 3.8) is 0 Å². The Kier molecular flexibility index (Phi) is 5.50. The molecule has 2 aromatic rings. The third kappa shape index (κ3) is 4.13. The summed E-state index contributed by atoms with van der Waals surface area (Å²) in [6.45, 7) is 5.72. The maximum atomic E-state index is 12.3. The van der Waals surface area contributed by atoms with Crippen LogP contribution in [0.5, 0.6) is 5.75 Å². The summed E-state index contributed by atoms with van der Waals surface area (Å²) in [7, 11) is 1.68. The highest BCUT2D eigenvalue weighted by atomic mass is 16.5. The lowest BCUT2D eigenvalue weighted by Gasteiger charge is -2.43. The summed E-state index contributed by atoms with van der Waals surface area (Å²) in [5.74, 6) is 0.977. The summed E-state index contributed by atoms with van der Waals surface area (Å²) in [6, 6.07) is 16.7. The Bertz CT molecular complexity index is 798. The van der Waals surface area contributed by atoms with Crippen LogP contribution in [0, 0.1) is 6.92 Å². The van der Waals surface area contributed by atoms with E-state index >= 15 is 0 Å². The van der Waals surface area contributed by atoms with Gasteiger partial charge in [-0.1, -0.05) is 29.8 Å². The number of benzene rings is 2. The van der Waals surface area contributed by atoms with Gasteiger partial charge in [-0.3, -0.25) is 15.0 Å². The Morgan fingerprint density at radius 3 is 2.29 bits per heavy atom. The first-order valence-corrected chi connectivity index (χ1v) is 9.87. The fourth-order valence-corrected chi connectivity index (χ4v) is 3.93. The van der Waals surface area contributed by atoms with Gasteiger partial charge in [0.1, 0.15) is 12.0 Å². The van der Waals surface area contributed by atoms with E-state index in [0.29, 0.717) is 6.42 Å². The van der Waals surface area contributed by atoms with Crippen LogP contribution < -0.4 is 20.3 Å². The van der Waals surface area contributed by atoms with Gasteiger partial charge < -0.3 is 15.0 Å². The molecule has 2 aliphatic rings. The average molecular weight is 380 g/mol. The van der Waals surface area contributed by atoms with E-state index in [0.717, 1.165) is 31.9 Å². The van der Waals surface area contributed by atoms with Crippen molar-refractivity contribution in [1.82, 2.24) is 15.5 Å². The van der Waals surface area contributed by atoms with Crippen molar-refractivity contribution in [2.75, 3.05) is 38.2 Å². The number of nitrogens with one attached hydrogen (secondary N) is 2. The van der Waals surface area contributed by atoms with Crippen LogP contribution in [0.25, 0.3) is 0 Å². The Morgan fingerprint density at radius 2 is 1.64 bits per heavy atom. The predicted molar refractivity (Wildman–Crippen MR) is 110 cm³/mol. The molecular weight excluding hydrogens is 352 g/mol. The molecule has 2 N–H and O–H groups in total. The van der Waals surface area contributed by atoms with Gasteiger partial charge in [0.05, 0.1) is 7.11 Å². The molecule has 2 fully saturated rings. The summed E-state index contributed by atoms with van der Waals surface area (Å²) < 4.78 is 5.24. The van der Waals surface area contributed by atoms with Gasteiger partial charge in [-0.05, 0) is 36.8 Å². The molecule has 148 valence electrons. The molecule has 0 bridgehead atoms. The molecule has 2 heterocycles. The summed E-state index contributed by atoms with van der Waals surface area (Å²) >= 11 is 0. The number of methoxy groups -OCH3 is 1. The van der Waals surface area contributed by atoms with Crippen LogP contribution in [-0.2, 0) is 4.79 Å². The number of anilines is 1. The van der Waals surface area contributed by atoms with Crippen LogP contribution in [-0.4, -0.2) is 50.4 Å². The second-order valence-corrected chi connectivity index (χ2v) is 7.53. The average Bonchev–Trinajstić information content (AvgIpc) is 2.74. The van der Waals surface area contributed by atoms with Gasteiger partial charge in [-0.2, -0.15) is 0 Å². The number of hydrogen-bond acceptors (Lipinski definition) is 5. The lowest BCUT2D eigenvalue weighted by Crippen LogP contribution is -2.64. The molecule has 6 nitrogen and oxygen atoms in total. The smallest absolute Gasteiger partial charge is 0.224 e. The first kappa shape index (κ1) is 18.8. The summed E-state index contributed by atoms with van der Waals surface area (Å²) in [4.78, 5) is 17.0. The molecule has 2 aliphatic heterocycles. The van der Waals surface area contributed by atoms with E-state index in [1.54, 1.807) is 7.11 Å². The van der Waals surface area contributed by atoms with Gasteiger partial charge in [0.2, 0.25) is 5.91 Å². The van der Waals surface area contributed by atoms with Crippen LogP contribution in [0.3, 0.4) is 0 Å². The minimum atomic E-state index is -0.120. The summed E-state index contributed by atoms with van der Waals surface area (Å²) in [5.41, 5.74) is 3.61. The molecule has 0 radical (unpaired) electrons. The quantitative estimate of drug-likeness (QED) is 0.852. The molecule has 0 aliphatic carbocycles. The monoisotopic (exact) mass is 380 g/mol. The van der Waals surface area contributed by atoms with Crippen LogP contribution in [0.1, 0.15) is 23.6 Å². The van der Waals surface area contributed by atoms with Crippen LogP contribution >= 0.6 is 0 Å². The van der Waals surface area contributed by atoms with Gasteiger partial charge in [0.25, 0.3) is 0 Å². The third-order valence-electron chi connectivity index (χ3n) is 5.64. The molecule has 0 saturated carbocycles. The summed E-state index contributed by atoms with van der Waals surface area (Å²) in [5, 5.41) is 6.73. The van der Waals surface area contributed by atoms with Crippen molar-refractivity contribution in [3.05, 3.63) is 59.7 Å². The van der Waals surface area contributed by atoms with Crippen molar-refractivity contribution in [2.45, 2.75) is 25.7 Å². The Morgan fingerprint density at radius 1 is 0.964 bits per heavy atom. The fraction of sp³-hybridized carbons (Fsp3) is 0.409. The minimum Gasteiger partial charge on any atom is -0.497 e. The zero-order chi connectivity index (χ0) is 19.5. The fourth-order valence-electron chi connectivity index (χ4n) is 3.93. The molecule has 2 saturated heterocycles. The Labute approximate surface area is 166 Å². The first-order valence-electron chi connectivity index (χ1n) is 9.87. The minimum absolute atomic E-state index is 0.0546. The molecule has 2 atom stereocenters. The number of carbonyl (C=O) groups is 1. The van der Waals surface area contributed by atoms with Crippen LogP contribution in [0.4, 0.5) is 5.69 Å². The van der Waals surface area contributed by atoms with E-state index in [2.05, 4.69) is 63.8 Å². The lowest BCUT2D eigenvalue weighted by molar-refractivity contribution is -0.127. The standard InChI is InChI=1S/C22H28N4O2/c1-16-3-5-17(6-4-16)20-15-21(27)24-22(23-20)26-13-11-25(12-14-26)18-7-9-19(28-2)10-8-18/h3-10,20,22-23H,11-15H2,1-2H3,(H,24,27). The van der Waals surface area contributed by atoms with E-state index in [1.807, 2.05) is 12.1 Å². The Balaban J connectivity index is 1.37. The number of piperazine rings is 1. The van der Waals surface area contributed by atoms with Gasteiger partial charge in [0.15, 0.2) is 0 Å². The van der Waals surface area contributed by atoms with Crippen LogP contribution in [0.2, 0.25) is 0 Å². The molecular formula is C22H28N4O2. The number of aryl methyl sites for hydroxylation is 1. The number of nitrogens with zero attached hydrogens (tertiary/aromatic N) is 2. The molecule has 2 unspecified atom stereocenters. The largest absolute Gasteiger partial charge is 0.497 e. The number of carbonyl (C=O) groups excluding carboxylic acids is 1. The summed E-state index contributed by atoms with van der Waals surface area (Å²) in [6.07, 6.45) is 0.358. The lowest BCUT2D eigenvalue weighted by atomic mass is 10.0. The SMILES string of the molecule is COc1ccc(N2CCN(C3NC(=O)CC(c4ccc(C)cc4)N3)CC2)cc1. The zero-order valence-corrected chi connectivity index (χ0v) is 16.5. The highest BCUT2D eigenvalue weighted by Crippen LogP contribution is 2.24. The second kappa shape index (κ2) is 8.20. The highest BCUT2D eigenvalue weighted by Gasteiger charge is 2.32. The topological polar surface area (TPSA) is 56.8 Å². The van der Waals surface area contributed by atoms with E-state index in [-0.39, 0.29) is 18.2 Å². The highest BCUT2D eigenvalue weighted by molar-refractivity contribution is 5.78. The van der Waals surface area contributed by atoms with E-state index in [4.69, 9.17) is 4.74 Å². The third-order valence-corrected chi connectivity index (χ3v) is 5.64. The maximum absolute atomic E-state index is 12.3. The molecule has 28 heavy (non-hydrogen) atoms. The van der Waals surface area contributed by atoms with Crippen LogP contribution in [0.15, 0.2) is 48.5 Å². The molecule has 1 amide bonds. The number of rotatable bonds is 4. The zero-order valence-electron chi connectivity index (χ0n) is 16.5. The van der Waals surface area contributed by atoms with Gasteiger partial charge in [0, 0.05) is 44.3 Å². The van der Waals surface area contributed by atoms with Gasteiger partial charge in [-0.15, -0.1) is 0 Å². The molecule has 6 heteroatoms. The maximum Gasteiger partial charge on any atom is 0.224 e. The van der Waals surface area contributed by atoms with Crippen molar-refractivity contribution in [3.8, 4) is 5.75 Å². The molecule has 0 spiro atoms. The van der Waals surface area contributed by atoms with E-state index in [1.165, 1.54) is 16.8 Å². The van der Waals surface area contributed by atoms with E-state index in [9.17, 15) is 4.79 Å². The van der Waals surface area contributed by atoms with Crippen molar-refractivity contribution >= 4 is 11.6 Å². The van der Waals surface area contributed by atoms with E-state index < -0.39 is 0 Å². The first-order chi connectivity index (χ1) is 13.6.